The van der Waals surface area contributed by atoms with Crippen LogP contribution in [0.1, 0.15) is 0 Å². The molecule has 184 valence electrons. The van der Waals surface area contributed by atoms with Gasteiger partial charge in [-0.25, -0.2) is 21.0 Å². The quantitative estimate of drug-likeness (QED) is 0.0382. The van der Waals surface area contributed by atoms with Gasteiger partial charge in [-0.05, 0) is 0 Å². The van der Waals surface area contributed by atoms with Crippen LogP contribution in [0, 0.1) is 0 Å². The summed E-state index contributed by atoms with van der Waals surface area (Å²) in [6, 6.07) is 0. The van der Waals surface area contributed by atoms with E-state index in [-0.39, 0.29) is 138 Å². The Morgan fingerprint density at radius 2 is 0.750 bits per heavy atom. The van der Waals surface area contributed by atoms with Gasteiger partial charge in [-0.15, -0.1) is 8.67 Å². The molecule has 23 nitrogen and oxygen atoms in total. The van der Waals surface area contributed by atoms with Gasteiger partial charge in [0.15, 0.2) is 0 Å². The van der Waals surface area contributed by atoms with E-state index in [1.165, 1.54) is 0 Å². The molecule has 0 heterocycles. The first-order valence-electron chi connectivity index (χ1n) is 4.08. The Hall–Kier alpha value is 3.85. The zero-order chi connectivity index (χ0) is 24.0. The third-order valence-corrected chi connectivity index (χ3v) is 1.52. The maximum Gasteiger partial charge on any atom is 1.00 e. The van der Waals surface area contributed by atoms with Crippen LogP contribution < -0.4 is 138 Å². The van der Waals surface area contributed by atoms with Gasteiger partial charge in [0.2, 0.25) is 20.8 Å². The van der Waals surface area contributed by atoms with Gasteiger partial charge in [0, 0.05) is 0 Å². The Morgan fingerprint density at radius 3 is 0.812 bits per heavy atom. The molecule has 0 rings (SSSR count). The summed E-state index contributed by atoms with van der Waals surface area (Å²) < 4.78 is 167. The van der Waals surface area contributed by atoms with Crippen LogP contribution in [0.3, 0.4) is 0 Å². The van der Waals surface area contributed by atoms with Gasteiger partial charge < -0.3 is 24.4 Å². The first-order valence-corrected chi connectivity index (χ1v) is 11.6. The SMILES string of the molecule is N.O=S(=O)(O)OOS(=O)(=O)O.O=S(=O)([O-])OOS(=O)(=O)[O-].O=S(O)O.O=S([O-])O.[K+].[K+].[Na+]. The average Bonchev–Trinajstić information content (AvgIpc) is 2.30. The molecule has 1 atom stereocenters. The second-order valence-electron chi connectivity index (χ2n) is 2.39. The molecule has 0 amide bonds. The van der Waals surface area contributed by atoms with Crippen molar-refractivity contribution in [3.63, 3.8) is 0 Å². The van der Waals surface area contributed by atoms with Crippen LogP contribution in [-0.2, 0) is 81.7 Å². The van der Waals surface area contributed by atoms with E-state index >= 15 is 0 Å². The predicted molar refractivity (Wildman–Crippen MR) is 76.8 cm³/mol. The van der Waals surface area contributed by atoms with Crippen LogP contribution in [0.25, 0.3) is 0 Å². The molecule has 0 saturated carbocycles. The fraction of sp³-hybridized carbons (Fsp3) is 0. The van der Waals surface area contributed by atoms with Gasteiger partial charge in [-0.1, -0.05) is 8.67 Å². The van der Waals surface area contributed by atoms with Crippen molar-refractivity contribution in [3.05, 3.63) is 0 Å². The Kier molecular flexibility index (Phi) is 48.9. The summed E-state index contributed by atoms with van der Waals surface area (Å²) in [5.74, 6) is 0. The molecule has 0 radical (unpaired) electrons. The maximum atomic E-state index is 9.51. The Balaban J connectivity index is -0.0000000413. The molecule has 0 aromatic rings. The van der Waals surface area contributed by atoms with Crippen molar-refractivity contribution in [2.24, 2.45) is 0 Å². The average molecular weight is 668 g/mol. The zero-order valence-corrected chi connectivity index (χ0v) is 28.5. The molecule has 32 heteroatoms. The van der Waals surface area contributed by atoms with E-state index in [1.54, 1.807) is 0 Å². The number of rotatable bonds is 6. The molecule has 0 aliphatic heterocycles. The minimum Gasteiger partial charge on any atom is -0.750 e. The molecule has 0 aliphatic rings. The summed E-state index contributed by atoms with van der Waals surface area (Å²) in [6.07, 6.45) is 0. The normalized spacial score (nSPS) is 11.4. The molecule has 1 unspecified atom stereocenters. The van der Waals surface area contributed by atoms with E-state index < -0.39 is 64.3 Å². The van der Waals surface area contributed by atoms with Crippen molar-refractivity contribution in [2.75, 3.05) is 0 Å². The summed E-state index contributed by atoms with van der Waals surface area (Å²) in [4.78, 5) is 0. The van der Waals surface area contributed by atoms with Crippen LogP contribution in [-0.4, -0.2) is 78.5 Å². The second kappa shape index (κ2) is 27.9. The van der Waals surface area contributed by atoms with E-state index in [4.69, 9.17) is 35.7 Å². The van der Waals surface area contributed by atoms with Crippen molar-refractivity contribution in [3.8, 4) is 0 Å². The van der Waals surface area contributed by atoms with Gasteiger partial charge in [0.1, 0.15) is 0 Å². The molecular weight excluding hydrogens is 660 g/mol. The standard InChI is InChI=1S/2K.H3N.Na.2H2O8S2.2H2O3S/c;;;;2*1-9(2,3)7-8-10(4,5)6;2*1-4(2)3/h;;1H3;;2*(H,1,2,3)(H,4,5,6);2*(H2,1,2,3)/q2*+1;;+1;;;;/p-3. The summed E-state index contributed by atoms with van der Waals surface area (Å²) >= 11 is -5.47. The summed E-state index contributed by atoms with van der Waals surface area (Å²) in [6.45, 7) is 0. The summed E-state index contributed by atoms with van der Waals surface area (Å²) in [7, 11) is -20.7. The van der Waals surface area contributed by atoms with E-state index in [2.05, 4.69) is 17.3 Å². The van der Waals surface area contributed by atoms with Crippen LogP contribution in [0.5, 0.6) is 0 Å². The minimum atomic E-state index is -5.31. The molecule has 0 aromatic carbocycles. The third kappa shape index (κ3) is 115. The van der Waals surface area contributed by atoms with E-state index in [0.717, 1.165) is 0 Å². The molecule has 32 heavy (non-hydrogen) atoms. The van der Waals surface area contributed by atoms with Crippen LogP contribution in [0.15, 0.2) is 0 Å². The van der Waals surface area contributed by atoms with Gasteiger partial charge in [-0.2, -0.15) is 21.0 Å². The molecule has 0 bridgehead atoms. The van der Waals surface area contributed by atoms with Crippen molar-refractivity contribution < 1.29 is 228 Å². The number of hydrogen-bond donors (Lipinski definition) is 6. The minimum absolute atomic E-state index is 0. The largest absolute Gasteiger partial charge is 1.00 e. The van der Waals surface area contributed by atoms with Crippen molar-refractivity contribution in [1.82, 2.24) is 6.15 Å². The first kappa shape index (κ1) is 56.1. The number of hydrogen-bond acceptors (Lipinski definition) is 18. The van der Waals surface area contributed by atoms with Crippen molar-refractivity contribution in [1.29, 1.82) is 0 Å². The van der Waals surface area contributed by atoms with E-state index in [9.17, 15) is 42.8 Å². The van der Waals surface area contributed by atoms with Gasteiger partial charge in [0.25, 0.3) is 11.4 Å². The summed E-state index contributed by atoms with van der Waals surface area (Å²) in [5.41, 5.74) is 0. The Bertz CT molecular complexity index is 734. The fourth-order valence-corrected chi connectivity index (χ4v) is 1.24. The molecule has 0 aliphatic carbocycles. The third-order valence-electron chi connectivity index (χ3n) is 0.394. The Morgan fingerprint density at radius 1 is 0.625 bits per heavy atom. The van der Waals surface area contributed by atoms with Crippen molar-refractivity contribution >= 4 is 64.3 Å². The molecule has 0 aromatic heterocycles. The van der Waals surface area contributed by atoms with E-state index in [1.807, 2.05) is 0 Å². The Labute approximate surface area is 292 Å². The van der Waals surface area contributed by atoms with E-state index in [0.29, 0.717) is 0 Å². The second-order valence-corrected chi connectivity index (χ2v) is 7.18. The molecule has 0 fully saturated rings. The molecule has 0 spiro atoms. The molecule has 0 saturated heterocycles. The summed E-state index contributed by atoms with van der Waals surface area (Å²) in [5, 5.41) is 0. The maximum absolute atomic E-state index is 9.51. The molecular formula is H8K2NNaO22S6. The van der Waals surface area contributed by atoms with Gasteiger partial charge >= 0.3 is 153 Å². The van der Waals surface area contributed by atoms with Crippen molar-refractivity contribution in [2.45, 2.75) is 0 Å². The smallest absolute Gasteiger partial charge is 0.750 e. The van der Waals surface area contributed by atoms with Gasteiger partial charge in [0.05, 0.1) is 11.4 Å². The van der Waals surface area contributed by atoms with Gasteiger partial charge in [-0.3, -0.25) is 18.2 Å². The van der Waals surface area contributed by atoms with Crippen LogP contribution in [0.4, 0.5) is 0 Å². The topological polar surface area (TPSA) is 413 Å². The molecule has 8 N–H and O–H groups in total. The predicted octanol–water partition coefficient (Wildman–Crippen LogP) is -13.4. The van der Waals surface area contributed by atoms with Crippen LogP contribution in [0.2, 0.25) is 0 Å². The fourth-order valence-electron chi connectivity index (χ4n) is 0.138. The zero-order valence-electron chi connectivity index (χ0n) is 15.3. The monoisotopic (exact) mass is 667 g/mol. The van der Waals surface area contributed by atoms with Crippen LogP contribution >= 0.6 is 0 Å². The first-order chi connectivity index (χ1) is 11.9.